The van der Waals surface area contributed by atoms with E-state index in [1.54, 1.807) is 13.2 Å². The summed E-state index contributed by atoms with van der Waals surface area (Å²) in [5.41, 5.74) is 1.46. The lowest BCUT2D eigenvalue weighted by Crippen LogP contribution is -2.48. The lowest BCUT2D eigenvalue weighted by atomic mass is 10.1. The Hall–Kier alpha value is -1.76. The van der Waals surface area contributed by atoms with Gasteiger partial charge in [-0.1, -0.05) is 6.07 Å². The molecule has 2 aliphatic rings. The summed E-state index contributed by atoms with van der Waals surface area (Å²) in [5, 5.41) is 2.83. The van der Waals surface area contributed by atoms with Crippen LogP contribution >= 0.6 is 0 Å². The van der Waals surface area contributed by atoms with Crippen molar-refractivity contribution in [3.8, 4) is 5.75 Å². The lowest BCUT2D eigenvalue weighted by Gasteiger charge is -2.35. The summed E-state index contributed by atoms with van der Waals surface area (Å²) in [6.45, 7) is 0.405. The summed E-state index contributed by atoms with van der Waals surface area (Å²) in [5.74, 6) is 0.552. The van der Waals surface area contributed by atoms with Crippen molar-refractivity contribution in [2.24, 2.45) is 0 Å². The number of benzene rings is 1. The van der Waals surface area contributed by atoms with E-state index in [-0.39, 0.29) is 29.9 Å². The number of hydrogen-bond donors (Lipinski definition) is 1. The van der Waals surface area contributed by atoms with Crippen LogP contribution in [-0.2, 0) is 14.6 Å². The van der Waals surface area contributed by atoms with Crippen LogP contribution in [0.1, 0.15) is 6.42 Å². The van der Waals surface area contributed by atoms with Gasteiger partial charge in [0, 0.05) is 13.0 Å². The number of amides is 1. The standard InChI is InChI=1S/C13H16N2O4S/c1-19-11-4-2-3-10-13(11)14-12(16)7-9-8-20(17,18)6-5-15(9)10/h2-4,9H,5-8H2,1H3,(H,14,16). The molecule has 1 aromatic carbocycles. The number of nitrogens with zero attached hydrogens (tertiary/aromatic N) is 1. The number of para-hydroxylation sites is 1. The van der Waals surface area contributed by atoms with E-state index in [1.807, 2.05) is 17.0 Å². The molecule has 1 atom stereocenters. The molecule has 0 aliphatic carbocycles. The minimum absolute atomic E-state index is 0.0249. The zero-order valence-electron chi connectivity index (χ0n) is 11.1. The topological polar surface area (TPSA) is 75.7 Å². The monoisotopic (exact) mass is 296 g/mol. The van der Waals surface area contributed by atoms with Crippen LogP contribution < -0.4 is 15.0 Å². The minimum Gasteiger partial charge on any atom is -0.494 e. The predicted octanol–water partition coefficient (Wildman–Crippen LogP) is 0.641. The maximum Gasteiger partial charge on any atom is 0.226 e. The summed E-state index contributed by atoms with van der Waals surface area (Å²) in [6, 6.07) is 5.20. The van der Waals surface area contributed by atoms with Gasteiger partial charge >= 0.3 is 0 Å². The first kappa shape index (κ1) is 13.2. The fourth-order valence-electron chi connectivity index (χ4n) is 2.83. The molecule has 0 radical (unpaired) electrons. The van der Waals surface area contributed by atoms with E-state index in [0.717, 1.165) is 5.69 Å². The quantitative estimate of drug-likeness (QED) is 0.823. The number of anilines is 2. The first-order valence-electron chi connectivity index (χ1n) is 6.44. The van der Waals surface area contributed by atoms with Crippen molar-refractivity contribution in [1.29, 1.82) is 0 Å². The number of fused-ring (bicyclic) bond motifs is 3. The Labute approximate surface area is 117 Å². The SMILES string of the molecule is COc1cccc2c1NC(=O)CC1CS(=O)(=O)CCN21. The molecule has 0 aromatic heterocycles. The first-order chi connectivity index (χ1) is 9.50. The van der Waals surface area contributed by atoms with Gasteiger partial charge < -0.3 is 15.0 Å². The van der Waals surface area contributed by atoms with Crippen molar-refractivity contribution in [1.82, 2.24) is 0 Å². The van der Waals surface area contributed by atoms with Crippen molar-refractivity contribution >= 4 is 27.1 Å². The average Bonchev–Trinajstić information content (AvgIpc) is 2.51. The molecule has 0 spiro atoms. The fourth-order valence-corrected chi connectivity index (χ4v) is 4.36. The number of methoxy groups -OCH3 is 1. The van der Waals surface area contributed by atoms with Crippen LogP contribution in [0.15, 0.2) is 18.2 Å². The Kier molecular flexibility index (Phi) is 3.08. The molecule has 7 heteroatoms. The third-order valence-corrected chi connectivity index (χ3v) is 5.45. The van der Waals surface area contributed by atoms with Gasteiger partial charge in [0.15, 0.2) is 9.84 Å². The van der Waals surface area contributed by atoms with Gasteiger partial charge in [-0.25, -0.2) is 8.42 Å². The highest BCUT2D eigenvalue weighted by Gasteiger charge is 2.36. The second kappa shape index (κ2) is 4.66. The van der Waals surface area contributed by atoms with Gasteiger partial charge in [-0.3, -0.25) is 4.79 Å². The van der Waals surface area contributed by atoms with Crippen molar-refractivity contribution in [3.63, 3.8) is 0 Å². The van der Waals surface area contributed by atoms with Crippen LogP contribution in [0.25, 0.3) is 0 Å². The zero-order valence-corrected chi connectivity index (χ0v) is 11.9. The maximum absolute atomic E-state index is 12.0. The van der Waals surface area contributed by atoms with Crippen LogP contribution in [0, 0.1) is 0 Å². The highest BCUT2D eigenvalue weighted by molar-refractivity contribution is 7.91. The molecule has 1 amide bonds. The summed E-state index contributed by atoms with van der Waals surface area (Å²) < 4.78 is 28.8. The van der Waals surface area contributed by atoms with E-state index < -0.39 is 9.84 Å². The third kappa shape index (κ3) is 2.22. The molecule has 1 aromatic rings. The van der Waals surface area contributed by atoms with Gasteiger partial charge in [0.2, 0.25) is 5.91 Å². The smallest absolute Gasteiger partial charge is 0.226 e. The van der Waals surface area contributed by atoms with Crippen LogP contribution in [0.4, 0.5) is 11.4 Å². The number of carbonyl (C=O) groups is 1. The van der Waals surface area contributed by atoms with Crippen LogP contribution in [0.5, 0.6) is 5.75 Å². The van der Waals surface area contributed by atoms with Gasteiger partial charge in [0.25, 0.3) is 0 Å². The molecule has 3 rings (SSSR count). The number of rotatable bonds is 1. The average molecular weight is 296 g/mol. The number of ether oxygens (including phenoxy) is 1. The second-order valence-corrected chi connectivity index (χ2v) is 7.30. The highest BCUT2D eigenvalue weighted by atomic mass is 32.2. The van der Waals surface area contributed by atoms with Crippen molar-refractivity contribution < 1.29 is 17.9 Å². The molecular formula is C13H16N2O4S. The Morgan fingerprint density at radius 1 is 1.40 bits per heavy atom. The largest absolute Gasteiger partial charge is 0.494 e. The minimum atomic E-state index is -3.06. The second-order valence-electron chi connectivity index (χ2n) is 5.07. The molecule has 2 heterocycles. The van der Waals surface area contributed by atoms with Crippen LogP contribution in [0.2, 0.25) is 0 Å². The molecule has 6 nitrogen and oxygen atoms in total. The van der Waals surface area contributed by atoms with E-state index in [1.165, 1.54) is 0 Å². The molecule has 1 unspecified atom stereocenters. The van der Waals surface area contributed by atoms with Crippen molar-refractivity contribution in [3.05, 3.63) is 18.2 Å². The molecule has 0 saturated carbocycles. The molecule has 1 N–H and O–H groups in total. The zero-order chi connectivity index (χ0) is 14.3. The van der Waals surface area contributed by atoms with Gasteiger partial charge in [-0.2, -0.15) is 0 Å². The highest BCUT2D eigenvalue weighted by Crippen LogP contribution is 2.39. The molecule has 108 valence electrons. The van der Waals surface area contributed by atoms with Gasteiger partial charge in [0.1, 0.15) is 11.4 Å². The Morgan fingerprint density at radius 3 is 2.95 bits per heavy atom. The van der Waals surface area contributed by atoms with Crippen molar-refractivity contribution in [2.45, 2.75) is 12.5 Å². The first-order valence-corrected chi connectivity index (χ1v) is 8.26. The van der Waals surface area contributed by atoms with E-state index in [4.69, 9.17) is 4.74 Å². The van der Waals surface area contributed by atoms with E-state index in [0.29, 0.717) is 18.0 Å². The summed E-state index contributed by atoms with van der Waals surface area (Å²) in [4.78, 5) is 14.0. The van der Waals surface area contributed by atoms with Gasteiger partial charge in [0.05, 0.1) is 30.3 Å². The summed E-state index contributed by atoms with van der Waals surface area (Å²) >= 11 is 0. The van der Waals surface area contributed by atoms with E-state index >= 15 is 0 Å². The van der Waals surface area contributed by atoms with E-state index in [2.05, 4.69) is 5.32 Å². The molecule has 2 aliphatic heterocycles. The molecule has 1 fully saturated rings. The third-order valence-electron chi connectivity index (χ3n) is 3.75. The Balaban J connectivity index is 2.09. The van der Waals surface area contributed by atoms with Gasteiger partial charge in [-0.15, -0.1) is 0 Å². The van der Waals surface area contributed by atoms with Crippen molar-refractivity contribution in [2.75, 3.05) is 35.4 Å². The van der Waals surface area contributed by atoms with Gasteiger partial charge in [-0.05, 0) is 12.1 Å². The fraction of sp³-hybridized carbons (Fsp3) is 0.462. The molecule has 1 saturated heterocycles. The molecule has 20 heavy (non-hydrogen) atoms. The summed E-state index contributed by atoms with van der Waals surface area (Å²) in [7, 11) is -1.52. The number of nitrogens with one attached hydrogen (secondary N) is 1. The van der Waals surface area contributed by atoms with Crippen LogP contribution in [0.3, 0.4) is 0 Å². The summed E-state index contributed by atoms with van der Waals surface area (Å²) in [6.07, 6.45) is 0.178. The normalized spacial score (nSPS) is 24.1. The number of hydrogen-bond acceptors (Lipinski definition) is 5. The number of sulfone groups is 1. The van der Waals surface area contributed by atoms with E-state index in [9.17, 15) is 13.2 Å². The maximum atomic E-state index is 12.0. The van der Waals surface area contributed by atoms with Crippen LogP contribution in [-0.4, -0.2) is 45.5 Å². The molecule has 0 bridgehead atoms. The Bertz CT molecular complexity index is 656. The number of carbonyl (C=O) groups excluding carboxylic acids is 1. The lowest BCUT2D eigenvalue weighted by molar-refractivity contribution is -0.116. The predicted molar refractivity (Wildman–Crippen MR) is 76.0 cm³/mol. The molecular weight excluding hydrogens is 280 g/mol. The Morgan fingerprint density at radius 2 is 2.20 bits per heavy atom.